The maximum atomic E-state index is 12.9. The molecule has 5 nitrogen and oxygen atoms in total. The topological polar surface area (TPSA) is 61.4 Å². The number of carbonyl (C=O) groups excluding carboxylic acids is 2. The third-order valence-electron chi connectivity index (χ3n) is 5.07. The van der Waals surface area contributed by atoms with E-state index in [0.29, 0.717) is 11.3 Å². The molecule has 3 aromatic rings. The normalized spacial score (nSPS) is 12.7. The fourth-order valence-corrected chi connectivity index (χ4v) is 4.34. The summed E-state index contributed by atoms with van der Waals surface area (Å²) < 4.78 is 0. The van der Waals surface area contributed by atoms with Crippen molar-refractivity contribution in [2.45, 2.75) is 23.6 Å². The first-order chi connectivity index (χ1) is 13.9. The van der Waals surface area contributed by atoms with E-state index in [0.717, 1.165) is 32.3 Å². The summed E-state index contributed by atoms with van der Waals surface area (Å²) in [7, 11) is 1.75. The average Bonchev–Trinajstić information content (AvgIpc) is 2.81. The number of nitrogens with zero attached hydrogens (tertiary/aromatic N) is 1. The lowest BCUT2D eigenvalue weighted by Crippen LogP contribution is -2.26. The lowest BCUT2D eigenvalue weighted by Gasteiger charge is -2.19. The van der Waals surface area contributed by atoms with Gasteiger partial charge in [0.25, 0.3) is 5.91 Å². The summed E-state index contributed by atoms with van der Waals surface area (Å²) in [5.74, 6) is -0.0659. The van der Waals surface area contributed by atoms with Gasteiger partial charge in [0.2, 0.25) is 0 Å². The molecule has 0 saturated carbocycles. The maximum absolute atomic E-state index is 12.9. The Kier molecular flexibility index (Phi) is 5.03. The van der Waals surface area contributed by atoms with Crippen LogP contribution in [-0.4, -0.2) is 19.0 Å². The standard InChI is InChI=1S/C23H21N3O2S/c1-14-7-6-9-18(15(14)2)25-23(28)24-16-11-12-21-19(13-16)26(3)22(27)17-8-4-5-10-20(17)29-21/h4-13H,1-3H3,(H2,24,25,28). The highest BCUT2D eigenvalue weighted by molar-refractivity contribution is 7.99. The zero-order chi connectivity index (χ0) is 20.5. The Morgan fingerprint density at radius 3 is 2.55 bits per heavy atom. The summed E-state index contributed by atoms with van der Waals surface area (Å²) in [6, 6.07) is 18.7. The van der Waals surface area contributed by atoms with Gasteiger partial charge in [-0.3, -0.25) is 4.79 Å². The number of rotatable bonds is 2. The molecule has 0 aromatic heterocycles. The molecule has 6 heteroatoms. The van der Waals surface area contributed by atoms with Gasteiger partial charge in [-0.1, -0.05) is 36.0 Å². The van der Waals surface area contributed by atoms with E-state index in [-0.39, 0.29) is 11.9 Å². The van der Waals surface area contributed by atoms with E-state index in [2.05, 4.69) is 10.6 Å². The predicted molar refractivity (Wildman–Crippen MR) is 118 cm³/mol. The minimum absolute atomic E-state index is 0.0659. The summed E-state index contributed by atoms with van der Waals surface area (Å²) in [5.41, 5.74) is 4.99. The number of aryl methyl sites for hydroxylation is 1. The molecule has 1 heterocycles. The minimum atomic E-state index is -0.322. The summed E-state index contributed by atoms with van der Waals surface area (Å²) in [6.45, 7) is 3.98. The Balaban J connectivity index is 1.58. The van der Waals surface area contributed by atoms with E-state index >= 15 is 0 Å². The van der Waals surface area contributed by atoms with Crippen LogP contribution in [0.2, 0.25) is 0 Å². The molecule has 0 atom stereocenters. The Labute approximate surface area is 174 Å². The van der Waals surface area contributed by atoms with Crippen LogP contribution in [0.5, 0.6) is 0 Å². The molecule has 4 rings (SSSR count). The van der Waals surface area contributed by atoms with Crippen LogP contribution in [-0.2, 0) is 0 Å². The van der Waals surface area contributed by atoms with E-state index in [1.54, 1.807) is 23.7 Å². The smallest absolute Gasteiger partial charge is 0.310 e. The molecule has 0 saturated heterocycles. The van der Waals surface area contributed by atoms with Gasteiger partial charge in [0.05, 0.1) is 11.3 Å². The lowest BCUT2D eigenvalue weighted by molar-refractivity contribution is 0.0990. The molecule has 146 valence electrons. The van der Waals surface area contributed by atoms with E-state index in [1.165, 1.54) is 0 Å². The fraction of sp³-hybridized carbons (Fsp3) is 0.130. The highest BCUT2D eigenvalue weighted by Crippen LogP contribution is 2.41. The van der Waals surface area contributed by atoms with Crippen molar-refractivity contribution in [3.8, 4) is 0 Å². The van der Waals surface area contributed by atoms with E-state index in [9.17, 15) is 9.59 Å². The SMILES string of the molecule is Cc1cccc(NC(=O)Nc2ccc3c(c2)N(C)C(=O)c2ccccc2S3)c1C. The molecule has 3 aromatic carbocycles. The number of nitrogens with one attached hydrogen (secondary N) is 2. The van der Waals surface area contributed by atoms with Crippen LogP contribution in [0.1, 0.15) is 21.5 Å². The van der Waals surface area contributed by atoms with Gasteiger partial charge >= 0.3 is 6.03 Å². The lowest BCUT2D eigenvalue weighted by atomic mass is 10.1. The molecule has 1 aliphatic heterocycles. The molecule has 0 fully saturated rings. The van der Waals surface area contributed by atoms with Gasteiger partial charge in [-0.15, -0.1) is 0 Å². The van der Waals surface area contributed by atoms with Crippen molar-refractivity contribution >= 4 is 40.8 Å². The van der Waals surface area contributed by atoms with Crippen LogP contribution in [0.25, 0.3) is 0 Å². The van der Waals surface area contributed by atoms with E-state index in [4.69, 9.17) is 0 Å². The Morgan fingerprint density at radius 2 is 1.72 bits per heavy atom. The number of benzene rings is 3. The van der Waals surface area contributed by atoms with Crippen LogP contribution >= 0.6 is 11.8 Å². The Hall–Kier alpha value is -3.25. The molecule has 2 N–H and O–H groups in total. The van der Waals surface area contributed by atoms with Gasteiger partial charge in [0.1, 0.15) is 0 Å². The number of fused-ring (bicyclic) bond motifs is 2. The van der Waals surface area contributed by atoms with Gasteiger partial charge in [-0.05, 0) is 61.4 Å². The van der Waals surface area contributed by atoms with Crippen molar-refractivity contribution in [1.82, 2.24) is 0 Å². The number of urea groups is 1. The van der Waals surface area contributed by atoms with Crippen LogP contribution in [0, 0.1) is 13.8 Å². The second kappa shape index (κ2) is 7.64. The van der Waals surface area contributed by atoms with E-state index < -0.39 is 0 Å². The van der Waals surface area contributed by atoms with Crippen molar-refractivity contribution in [3.63, 3.8) is 0 Å². The molecular weight excluding hydrogens is 382 g/mol. The van der Waals surface area contributed by atoms with Crippen LogP contribution in [0.4, 0.5) is 21.9 Å². The Bertz CT molecular complexity index is 1130. The summed E-state index contributed by atoms with van der Waals surface area (Å²) in [6.07, 6.45) is 0. The van der Waals surface area contributed by atoms with E-state index in [1.807, 2.05) is 74.5 Å². The summed E-state index contributed by atoms with van der Waals surface area (Å²) in [4.78, 5) is 28.9. The number of anilines is 3. The largest absolute Gasteiger partial charge is 0.323 e. The molecule has 0 bridgehead atoms. The van der Waals surface area contributed by atoms with Crippen molar-refractivity contribution in [2.24, 2.45) is 0 Å². The first-order valence-electron chi connectivity index (χ1n) is 9.27. The van der Waals surface area contributed by atoms with Gasteiger partial charge in [-0.2, -0.15) is 0 Å². The van der Waals surface area contributed by atoms with Crippen molar-refractivity contribution < 1.29 is 9.59 Å². The molecule has 0 radical (unpaired) electrons. The van der Waals surface area contributed by atoms with Gasteiger partial charge < -0.3 is 15.5 Å². The fourth-order valence-electron chi connectivity index (χ4n) is 3.26. The zero-order valence-electron chi connectivity index (χ0n) is 16.4. The zero-order valence-corrected chi connectivity index (χ0v) is 17.3. The number of hydrogen-bond donors (Lipinski definition) is 2. The van der Waals surface area contributed by atoms with Crippen LogP contribution in [0.3, 0.4) is 0 Å². The monoisotopic (exact) mass is 403 g/mol. The molecule has 29 heavy (non-hydrogen) atoms. The van der Waals surface area contributed by atoms with Gasteiger partial charge in [0.15, 0.2) is 0 Å². The molecule has 0 unspecified atom stereocenters. The molecular formula is C23H21N3O2S. The van der Waals surface area contributed by atoms with Crippen LogP contribution in [0.15, 0.2) is 70.5 Å². The van der Waals surface area contributed by atoms with Crippen molar-refractivity contribution in [3.05, 3.63) is 77.4 Å². The average molecular weight is 404 g/mol. The van der Waals surface area contributed by atoms with Gasteiger partial charge in [-0.25, -0.2) is 4.79 Å². The van der Waals surface area contributed by atoms with Crippen LogP contribution < -0.4 is 15.5 Å². The molecule has 1 aliphatic rings. The summed E-state index contributed by atoms with van der Waals surface area (Å²) >= 11 is 1.55. The summed E-state index contributed by atoms with van der Waals surface area (Å²) in [5, 5.41) is 5.76. The highest BCUT2D eigenvalue weighted by atomic mass is 32.2. The molecule has 3 amide bonds. The van der Waals surface area contributed by atoms with Gasteiger partial charge in [0, 0.05) is 28.2 Å². The second-order valence-corrected chi connectivity index (χ2v) is 8.06. The number of hydrogen-bond acceptors (Lipinski definition) is 3. The quantitative estimate of drug-likeness (QED) is 0.578. The second-order valence-electron chi connectivity index (χ2n) is 6.97. The first kappa shape index (κ1) is 19.1. The third kappa shape index (κ3) is 3.71. The van der Waals surface area contributed by atoms with Crippen molar-refractivity contribution in [1.29, 1.82) is 0 Å². The first-order valence-corrected chi connectivity index (χ1v) is 10.1. The molecule has 0 aliphatic carbocycles. The third-order valence-corrected chi connectivity index (χ3v) is 6.21. The highest BCUT2D eigenvalue weighted by Gasteiger charge is 2.24. The number of carbonyl (C=O) groups is 2. The Morgan fingerprint density at radius 1 is 0.931 bits per heavy atom. The maximum Gasteiger partial charge on any atom is 0.323 e. The minimum Gasteiger partial charge on any atom is -0.310 e. The number of amides is 3. The predicted octanol–water partition coefficient (Wildman–Crippen LogP) is 5.69. The van der Waals surface area contributed by atoms with Crippen molar-refractivity contribution in [2.75, 3.05) is 22.6 Å². The molecule has 0 spiro atoms.